The summed E-state index contributed by atoms with van der Waals surface area (Å²) >= 11 is 1.77. The van der Waals surface area contributed by atoms with E-state index in [1.807, 2.05) is 12.1 Å². The average Bonchev–Trinajstić information content (AvgIpc) is 2.64. The molecule has 0 amide bonds. The normalized spacial score (nSPS) is 26.8. The lowest BCUT2D eigenvalue weighted by Crippen LogP contribution is -2.21. The highest BCUT2D eigenvalue weighted by atomic mass is 32.2. The van der Waals surface area contributed by atoms with Crippen molar-refractivity contribution in [3.63, 3.8) is 0 Å². The van der Waals surface area contributed by atoms with Gasteiger partial charge in [-0.3, -0.25) is 0 Å². The monoisotopic (exact) mass is 280 g/mol. The summed E-state index contributed by atoms with van der Waals surface area (Å²) in [5.41, 5.74) is 0. The summed E-state index contributed by atoms with van der Waals surface area (Å²) in [6.45, 7) is 1.24. The van der Waals surface area contributed by atoms with E-state index >= 15 is 0 Å². The molecule has 1 N–H and O–H groups in total. The highest BCUT2D eigenvalue weighted by Gasteiger charge is 2.23. The van der Waals surface area contributed by atoms with Gasteiger partial charge in [-0.1, -0.05) is 19.3 Å². The van der Waals surface area contributed by atoms with Crippen LogP contribution < -0.4 is 9.47 Å². The molecule has 0 bridgehead atoms. The van der Waals surface area contributed by atoms with Crippen LogP contribution in [-0.2, 0) is 0 Å². The van der Waals surface area contributed by atoms with Gasteiger partial charge in [0.25, 0.3) is 0 Å². The zero-order valence-corrected chi connectivity index (χ0v) is 11.8. The smallest absolute Gasteiger partial charge is 0.162 e. The van der Waals surface area contributed by atoms with Crippen molar-refractivity contribution >= 4 is 11.8 Å². The Morgan fingerprint density at radius 1 is 1.00 bits per heavy atom. The van der Waals surface area contributed by atoms with E-state index in [1.54, 1.807) is 11.8 Å². The molecule has 1 aromatic carbocycles. The molecule has 1 aliphatic carbocycles. The molecule has 1 fully saturated rings. The summed E-state index contributed by atoms with van der Waals surface area (Å²) in [7, 11) is 0. The molecule has 2 atom stereocenters. The van der Waals surface area contributed by atoms with Crippen LogP contribution >= 0.6 is 11.8 Å². The number of aliphatic hydroxyl groups is 1. The van der Waals surface area contributed by atoms with E-state index in [0.717, 1.165) is 35.7 Å². The molecule has 0 aromatic heterocycles. The van der Waals surface area contributed by atoms with Crippen LogP contribution in [0.2, 0.25) is 0 Å². The zero-order chi connectivity index (χ0) is 13.1. The first-order chi connectivity index (χ1) is 9.33. The Morgan fingerprint density at radius 3 is 2.68 bits per heavy atom. The number of hydrogen-bond donors (Lipinski definition) is 1. The van der Waals surface area contributed by atoms with Crippen molar-refractivity contribution in [2.75, 3.05) is 13.2 Å². The molecule has 3 rings (SSSR count). The lowest BCUT2D eigenvalue weighted by molar-refractivity contribution is 0.163. The number of benzene rings is 1. The first-order valence-corrected chi connectivity index (χ1v) is 7.95. The van der Waals surface area contributed by atoms with Gasteiger partial charge >= 0.3 is 0 Å². The molecule has 4 heteroatoms. The third-order valence-corrected chi connectivity index (χ3v) is 5.10. The standard InChI is InChI=1S/C15H20O3S/c16-12-4-2-1-3-5-15(12)19-11-6-7-13-14(10-11)18-9-8-17-13/h6-7,10,12,15-16H,1-5,8-9H2. The van der Waals surface area contributed by atoms with E-state index in [1.165, 1.54) is 12.8 Å². The molecule has 2 unspecified atom stereocenters. The van der Waals surface area contributed by atoms with Crippen molar-refractivity contribution in [3.05, 3.63) is 18.2 Å². The molecule has 19 heavy (non-hydrogen) atoms. The molecule has 0 saturated heterocycles. The Bertz CT molecular complexity index is 435. The number of rotatable bonds is 2. The summed E-state index contributed by atoms with van der Waals surface area (Å²) in [5.74, 6) is 1.66. The second-order valence-electron chi connectivity index (χ2n) is 5.17. The molecule has 3 nitrogen and oxygen atoms in total. The van der Waals surface area contributed by atoms with Crippen LogP contribution in [0.15, 0.2) is 23.1 Å². The summed E-state index contributed by atoms with van der Waals surface area (Å²) in [5, 5.41) is 10.5. The maximum absolute atomic E-state index is 10.2. The van der Waals surface area contributed by atoms with Crippen LogP contribution in [0.5, 0.6) is 11.5 Å². The minimum Gasteiger partial charge on any atom is -0.486 e. The third kappa shape index (κ3) is 3.18. The number of aliphatic hydroxyl groups excluding tert-OH is 1. The summed E-state index contributed by atoms with van der Waals surface area (Å²) in [4.78, 5) is 1.16. The van der Waals surface area contributed by atoms with Crippen molar-refractivity contribution in [1.82, 2.24) is 0 Å². The van der Waals surface area contributed by atoms with Gasteiger partial charge in [-0.25, -0.2) is 0 Å². The first-order valence-electron chi connectivity index (χ1n) is 7.07. The molecular formula is C15H20O3S. The predicted molar refractivity (Wildman–Crippen MR) is 76.2 cm³/mol. The Hall–Kier alpha value is -0.870. The van der Waals surface area contributed by atoms with E-state index < -0.39 is 0 Å². The molecule has 1 aliphatic heterocycles. The van der Waals surface area contributed by atoms with Crippen molar-refractivity contribution in [2.24, 2.45) is 0 Å². The van der Waals surface area contributed by atoms with E-state index in [9.17, 15) is 5.11 Å². The Labute approximate surface area is 118 Å². The van der Waals surface area contributed by atoms with Gasteiger partial charge in [0.2, 0.25) is 0 Å². The molecule has 1 saturated carbocycles. The van der Waals surface area contributed by atoms with E-state index in [0.29, 0.717) is 18.5 Å². The molecule has 104 valence electrons. The van der Waals surface area contributed by atoms with Crippen LogP contribution in [0.25, 0.3) is 0 Å². The molecule has 1 aromatic rings. The Kier molecular flexibility index (Phi) is 4.18. The average molecular weight is 280 g/mol. The molecule has 0 spiro atoms. The molecule has 1 heterocycles. The maximum atomic E-state index is 10.2. The minimum atomic E-state index is -0.180. The van der Waals surface area contributed by atoms with Gasteiger partial charge in [-0.05, 0) is 31.0 Å². The fourth-order valence-electron chi connectivity index (χ4n) is 2.66. The highest BCUT2D eigenvalue weighted by Crippen LogP contribution is 2.38. The van der Waals surface area contributed by atoms with Gasteiger partial charge in [-0.15, -0.1) is 11.8 Å². The maximum Gasteiger partial charge on any atom is 0.162 e. The van der Waals surface area contributed by atoms with Crippen LogP contribution in [0.4, 0.5) is 0 Å². The van der Waals surface area contributed by atoms with E-state index in [4.69, 9.17) is 9.47 Å². The second kappa shape index (κ2) is 6.06. The van der Waals surface area contributed by atoms with Gasteiger partial charge in [0, 0.05) is 10.1 Å². The molecule has 2 aliphatic rings. The van der Waals surface area contributed by atoms with Gasteiger partial charge < -0.3 is 14.6 Å². The van der Waals surface area contributed by atoms with Crippen LogP contribution in [0.1, 0.15) is 32.1 Å². The fraction of sp³-hybridized carbons (Fsp3) is 0.600. The SMILES string of the molecule is OC1CCCCCC1Sc1ccc2c(c1)OCCO2. The number of thioether (sulfide) groups is 1. The number of fused-ring (bicyclic) bond motifs is 1. The first kappa shape index (κ1) is 13.1. The van der Waals surface area contributed by atoms with Gasteiger partial charge in [0.15, 0.2) is 11.5 Å². The minimum absolute atomic E-state index is 0.180. The number of hydrogen-bond acceptors (Lipinski definition) is 4. The summed E-state index contributed by atoms with van der Waals surface area (Å²) < 4.78 is 11.1. The third-order valence-electron chi connectivity index (χ3n) is 3.72. The predicted octanol–water partition coefficient (Wildman–Crippen LogP) is 3.24. The van der Waals surface area contributed by atoms with E-state index in [2.05, 4.69) is 6.07 Å². The zero-order valence-electron chi connectivity index (χ0n) is 11.0. The van der Waals surface area contributed by atoms with Crippen molar-refractivity contribution in [1.29, 1.82) is 0 Å². The topological polar surface area (TPSA) is 38.7 Å². The van der Waals surface area contributed by atoms with Gasteiger partial charge in [0.05, 0.1) is 6.10 Å². The highest BCUT2D eigenvalue weighted by molar-refractivity contribution is 8.00. The number of ether oxygens (including phenoxy) is 2. The summed E-state index contributed by atoms with van der Waals surface area (Å²) in [6.07, 6.45) is 5.47. The lowest BCUT2D eigenvalue weighted by atomic mass is 10.1. The molecular weight excluding hydrogens is 260 g/mol. The van der Waals surface area contributed by atoms with Crippen molar-refractivity contribution in [3.8, 4) is 11.5 Å². The van der Waals surface area contributed by atoms with Crippen molar-refractivity contribution < 1.29 is 14.6 Å². The lowest BCUT2D eigenvalue weighted by Gasteiger charge is -2.22. The largest absolute Gasteiger partial charge is 0.486 e. The molecule has 0 radical (unpaired) electrons. The van der Waals surface area contributed by atoms with Gasteiger partial charge in [-0.2, -0.15) is 0 Å². The quantitative estimate of drug-likeness (QED) is 0.844. The van der Waals surface area contributed by atoms with Crippen LogP contribution in [-0.4, -0.2) is 29.7 Å². The fourth-order valence-corrected chi connectivity index (χ4v) is 3.91. The van der Waals surface area contributed by atoms with Crippen molar-refractivity contribution in [2.45, 2.75) is 48.4 Å². The Morgan fingerprint density at radius 2 is 1.79 bits per heavy atom. The second-order valence-corrected chi connectivity index (χ2v) is 6.48. The van der Waals surface area contributed by atoms with Gasteiger partial charge in [0.1, 0.15) is 13.2 Å². The van der Waals surface area contributed by atoms with E-state index in [-0.39, 0.29) is 6.10 Å². The summed E-state index contributed by atoms with van der Waals surface area (Å²) in [6, 6.07) is 6.08. The Balaban J connectivity index is 1.71. The van der Waals surface area contributed by atoms with Crippen LogP contribution in [0.3, 0.4) is 0 Å². The van der Waals surface area contributed by atoms with Crippen LogP contribution in [0, 0.1) is 0 Å².